The predicted octanol–water partition coefficient (Wildman–Crippen LogP) is 2.53. The Morgan fingerprint density at radius 3 is 2.64 bits per heavy atom. The number of ether oxygens (including phenoxy) is 1. The highest BCUT2D eigenvalue weighted by atomic mass is 16.6. The molecule has 0 aromatic heterocycles. The molecule has 1 aromatic rings. The molecule has 1 aliphatic heterocycles. The topological polar surface area (TPSA) is 62.4 Å². The van der Waals surface area contributed by atoms with E-state index in [1.165, 1.54) is 12.0 Å². The maximum Gasteiger partial charge on any atom is 0.412 e. The first-order chi connectivity index (χ1) is 10.4. The van der Waals surface area contributed by atoms with Crippen LogP contribution in [0.1, 0.15) is 32.8 Å². The fourth-order valence-corrected chi connectivity index (χ4v) is 2.43. The minimum atomic E-state index is -0.481. The molecule has 1 unspecified atom stereocenters. The van der Waals surface area contributed by atoms with Gasteiger partial charge in [-0.1, -0.05) is 12.1 Å². The van der Waals surface area contributed by atoms with Gasteiger partial charge in [0.2, 0.25) is 0 Å². The van der Waals surface area contributed by atoms with Crippen LogP contribution in [-0.2, 0) is 11.2 Å². The summed E-state index contributed by atoms with van der Waals surface area (Å²) < 4.78 is 5.23. The second kappa shape index (κ2) is 7.61. The lowest BCUT2D eigenvalue weighted by Gasteiger charge is -2.19. The molecule has 1 fully saturated rings. The van der Waals surface area contributed by atoms with Crippen LogP contribution in [0.15, 0.2) is 24.3 Å². The molecule has 1 saturated heterocycles. The van der Waals surface area contributed by atoms with Gasteiger partial charge in [-0.3, -0.25) is 5.32 Å². The molecule has 5 heteroatoms. The monoisotopic (exact) mass is 305 g/mol. The molecule has 1 amide bonds. The molecule has 0 radical (unpaired) electrons. The van der Waals surface area contributed by atoms with Crippen LogP contribution >= 0.6 is 0 Å². The van der Waals surface area contributed by atoms with Crippen molar-refractivity contribution in [2.24, 2.45) is 0 Å². The first-order valence-electron chi connectivity index (χ1n) is 7.95. The van der Waals surface area contributed by atoms with E-state index < -0.39 is 11.7 Å². The van der Waals surface area contributed by atoms with Crippen LogP contribution in [0.5, 0.6) is 0 Å². The van der Waals surface area contributed by atoms with E-state index in [4.69, 9.17) is 4.74 Å². The molecule has 0 saturated carbocycles. The van der Waals surface area contributed by atoms with Crippen LogP contribution in [0.2, 0.25) is 0 Å². The number of nitrogens with one attached hydrogen (secondary N) is 3. The summed E-state index contributed by atoms with van der Waals surface area (Å²) in [5, 5.41) is 9.64. The Hall–Kier alpha value is -1.59. The van der Waals surface area contributed by atoms with Crippen molar-refractivity contribution in [1.29, 1.82) is 0 Å². The predicted molar refractivity (Wildman–Crippen MR) is 89.3 cm³/mol. The van der Waals surface area contributed by atoms with Crippen molar-refractivity contribution < 1.29 is 9.53 Å². The van der Waals surface area contributed by atoms with Crippen LogP contribution < -0.4 is 16.0 Å². The van der Waals surface area contributed by atoms with Gasteiger partial charge in [-0.2, -0.15) is 0 Å². The number of anilines is 1. The van der Waals surface area contributed by atoms with E-state index in [1.807, 2.05) is 45.0 Å². The van der Waals surface area contributed by atoms with Gasteiger partial charge >= 0.3 is 6.09 Å². The summed E-state index contributed by atoms with van der Waals surface area (Å²) in [6.45, 7) is 8.71. The summed E-state index contributed by atoms with van der Waals surface area (Å²) in [6, 6.07) is 8.52. The van der Waals surface area contributed by atoms with Crippen LogP contribution in [-0.4, -0.2) is 37.4 Å². The lowest BCUT2D eigenvalue weighted by atomic mass is 10.1. The molecule has 0 bridgehead atoms. The SMILES string of the molecule is CC(C)(C)OC(=O)Nc1ccc(CCNC2CCNC2)cc1. The molecule has 1 atom stereocenters. The molecular formula is C17H27N3O2. The summed E-state index contributed by atoms with van der Waals surface area (Å²) in [6.07, 6.45) is 1.78. The van der Waals surface area contributed by atoms with Gasteiger partial charge in [0.25, 0.3) is 0 Å². The van der Waals surface area contributed by atoms with Crippen molar-refractivity contribution >= 4 is 11.8 Å². The van der Waals surface area contributed by atoms with E-state index in [2.05, 4.69) is 16.0 Å². The number of rotatable bonds is 5. The van der Waals surface area contributed by atoms with Crippen molar-refractivity contribution in [1.82, 2.24) is 10.6 Å². The zero-order valence-corrected chi connectivity index (χ0v) is 13.7. The van der Waals surface area contributed by atoms with Gasteiger partial charge in [-0.05, 0) is 64.4 Å². The van der Waals surface area contributed by atoms with Gasteiger partial charge in [0.05, 0.1) is 0 Å². The fraction of sp³-hybridized carbons (Fsp3) is 0.588. The normalized spacial score (nSPS) is 18.2. The molecule has 3 N–H and O–H groups in total. The molecule has 1 heterocycles. The second-order valence-corrected chi connectivity index (χ2v) is 6.72. The quantitative estimate of drug-likeness (QED) is 0.782. The van der Waals surface area contributed by atoms with Crippen LogP contribution in [0.25, 0.3) is 0 Å². The van der Waals surface area contributed by atoms with E-state index in [9.17, 15) is 4.79 Å². The highest BCUT2D eigenvalue weighted by molar-refractivity contribution is 5.84. The molecule has 5 nitrogen and oxygen atoms in total. The Kier molecular flexibility index (Phi) is 5.80. The van der Waals surface area contributed by atoms with Crippen molar-refractivity contribution in [2.45, 2.75) is 45.3 Å². The Balaban J connectivity index is 1.73. The third-order valence-electron chi connectivity index (χ3n) is 3.51. The number of carbonyl (C=O) groups excluding carboxylic acids is 1. The maximum absolute atomic E-state index is 11.7. The molecule has 122 valence electrons. The van der Waals surface area contributed by atoms with Gasteiger partial charge in [0, 0.05) is 18.3 Å². The van der Waals surface area contributed by atoms with E-state index in [-0.39, 0.29) is 0 Å². The van der Waals surface area contributed by atoms with Gasteiger partial charge in [-0.25, -0.2) is 4.79 Å². The summed E-state index contributed by atoms with van der Waals surface area (Å²) in [7, 11) is 0. The number of amides is 1. The lowest BCUT2D eigenvalue weighted by molar-refractivity contribution is 0.0636. The van der Waals surface area contributed by atoms with Gasteiger partial charge in [0.15, 0.2) is 0 Å². The van der Waals surface area contributed by atoms with Crippen molar-refractivity contribution in [3.8, 4) is 0 Å². The Morgan fingerprint density at radius 2 is 2.05 bits per heavy atom. The maximum atomic E-state index is 11.7. The molecule has 0 spiro atoms. The van der Waals surface area contributed by atoms with Gasteiger partial charge < -0.3 is 15.4 Å². The lowest BCUT2D eigenvalue weighted by Crippen LogP contribution is -2.32. The van der Waals surface area contributed by atoms with Crippen LogP contribution in [0.4, 0.5) is 10.5 Å². The number of hydrogen-bond donors (Lipinski definition) is 3. The molecular weight excluding hydrogens is 278 g/mol. The van der Waals surface area contributed by atoms with Gasteiger partial charge in [-0.15, -0.1) is 0 Å². The number of benzene rings is 1. The van der Waals surface area contributed by atoms with Crippen LogP contribution in [0, 0.1) is 0 Å². The minimum absolute atomic E-state index is 0.421. The molecule has 0 aliphatic carbocycles. The molecule has 2 rings (SSSR count). The molecule has 1 aliphatic rings. The first kappa shape index (κ1) is 16.8. The zero-order chi connectivity index (χ0) is 16.0. The average Bonchev–Trinajstić information content (AvgIpc) is 2.92. The van der Waals surface area contributed by atoms with E-state index in [0.29, 0.717) is 6.04 Å². The molecule has 22 heavy (non-hydrogen) atoms. The Morgan fingerprint density at radius 1 is 1.32 bits per heavy atom. The van der Waals surface area contributed by atoms with Crippen molar-refractivity contribution in [2.75, 3.05) is 25.0 Å². The first-order valence-corrected chi connectivity index (χ1v) is 7.95. The second-order valence-electron chi connectivity index (χ2n) is 6.72. The summed E-state index contributed by atoms with van der Waals surface area (Å²) in [5.41, 5.74) is 1.53. The van der Waals surface area contributed by atoms with E-state index in [0.717, 1.165) is 31.7 Å². The van der Waals surface area contributed by atoms with Crippen molar-refractivity contribution in [3.63, 3.8) is 0 Å². The highest BCUT2D eigenvalue weighted by Crippen LogP contribution is 2.13. The summed E-state index contributed by atoms with van der Waals surface area (Å²) >= 11 is 0. The fourth-order valence-electron chi connectivity index (χ4n) is 2.43. The van der Waals surface area contributed by atoms with Crippen LogP contribution in [0.3, 0.4) is 0 Å². The summed E-state index contributed by atoms with van der Waals surface area (Å²) in [5.74, 6) is 0. The number of carbonyl (C=O) groups is 1. The smallest absolute Gasteiger partial charge is 0.412 e. The standard InChI is InChI=1S/C17H27N3O2/c1-17(2,3)22-16(21)20-14-6-4-13(5-7-14)8-11-19-15-9-10-18-12-15/h4-7,15,18-19H,8-12H2,1-3H3,(H,20,21). The zero-order valence-electron chi connectivity index (χ0n) is 13.7. The van der Waals surface area contributed by atoms with Crippen molar-refractivity contribution in [3.05, 3.63) is 29.8 Å². The van der Waals surface area contributed by atoms with Gasteiger partial charge in [0.1, 0.15) is 5.60 Å². The summed E-state index contributed by atoms with van der Waals surface area (Å²) in [4.78, 5) is 11.7. The number of hydrogen-bond acceptors (Lipinski definition) is 4. The minimum Gasteiger partial charge on any atom is -0.444 e. The largest absolute Gasteiger partial charge is 0.444 e. The Labute approximate surface area is 132 Å². The Bertz CT molecular complexity index is 474. The van der Waals surface area contributed by atoms with E-state index >= 15 is 0 Å². The highest BCUT2D eigenvalue weighted by Gasteiger charge is 2.16. The molecule has 1 aromatic carbocycles. The third kappa shape index (κ3) is 6.03. The van der Waals surface area contributed by atoms with E-state index in [1.54, 1.807) is 0 Å². The third-order valence-corrected chi connectivity index (χ3v) is 3.51. The average molecular weight is 305 g/mol.